The van der Waals surface area contributed by atoms with Gasteiger partial charge < -0.3 is 10.0 Å². The summed E-state index contributed by atoms with van der Waals surface area (Å²) in [6, 6.07) is 8.62. The molecule has 1 heterocycles. The van der Waals surface area contributed by atoms with Crippen molar-refractivity contribution in [2.24, 2.45) is 0 Å². The molecule has 1 atom stereocenters. The van der Waals surface area contributed by atoms with Gasteiger partial charge in [-0.25, -0.2) is 0 Å². The van der Waals surface area contributed by atoms with E-state index in [4.69, 9.17) is 5.11 Å². The molecule has 1 aromatic carbocycles. The third kappa shape index (κ3) is 2.51. The van der Waals surface area contributed by atoms with E-state index in [1.807, 2.05) is 17.0 Å². The molecule has 1 aromatic rings. The van der Waals surface area contributed by atoms with Gasteiger partial charge in [-0.3, -0.25) is 4.79 Å². The molecular weight excluding hydrogens is 258 g/mol. The molecule has 0 radical (unpaired) electrons. The van der Waals surface area contributed by atoms with E-state index in [1.165, 1.54) is 16.9 Å². The highest BCUT2D eigenvalue weighted by atomic mass is 32.2. The van der Waals surface area contributed by atoms with Crippen molar-refractivity contribution in [2.75, 3.05) is 13.2 Å². The zero-order valence-corrected chi connectivity index (χ0v) is 11.7. The summed E-state index contributed by atoms with van der Waals surface area (Å²) >= 11 is 1.68. The molecular formula is C15H19NO2S. The number of carbonyl (C=O) groups excluding carboxylic acids is 1. The number of benzene rings is 1. The number of amides is 1. The van der Waals surface area contributed by atoms with Crippen LogP contribution in [0, 0.1) is 0 Å². The fraction of sp³-hybridized carbons (Fsp3) is 0.533. The van der Waals surface area contributed by atoms with Crippen LogP contribution in [0.5, 0.6) is 0 Å². The molecule has 1 saturated carbocycles. The Labute approximate surface area is 118 Å². The molecule has 1 aliphatic carbocycles. The van der Waals surface area contributed by atoms with Crippen LogP contribution in [0.1, 0.15) is 24.8 Å². The van der Waals surface area contributed by atoms with Crippen LogP contribution in [0.2, 0.25) is 0 Å². The predicted octanol–water partition coefficient (Wildman–Crippen LogP) is 2.08. The molecule has 0 saturated heterocycles. The molecule has 3 rings (SSSR count). The Morgan fingerprint density at radius 2 is 2.16 bits per heavy atom. The molecule has 4 heteroatoms. The van der Waals surface area contributed by atoms with Crippen LogP contribution in [0.25, 0.3) is 0 Å². The summed E-state index contributed by atoms with van der Waals surface area (Å²) in [4.78, 5) is 15.8. The Morgan fingerprint density at radius 1 is 1.37 bits per heavy atom. The normalized spacial score (nSPS) is 21.8. The molecule has 2 aliphatic rings. The second kappa shape index (κ2) is 5.55. The summed E-state index contributed by atoms with van der Waals surface area (Å²) in [5.41, 5.74) is 1.28. The van der Waals surface area contributed by atoms with Crippen molar-refractivity contribution in [3.8, 4) is 0 Å². The summed E-state index contributed by atoms with van der Waals surface area (Å²) < 4.78 is 0. The maximum Gasteiger partial charge on any atom is 0.236 e. The van der Waals surface area contributed by atoms with E-state index in [-0.39, 0.29) is 17.8 Å². The summed E-state index contributed by atoms with van der Waals surface area (Å²) in [6.45, 7) is 0.545. The van der Waals surface area contributed by atoms with E-state index in [0.29, 0.717) is 12.6 Å². The van der Waals surface area contributed by atoms with Gasteiger partial charge >= 0.3 is 0 Å². The lowest BCUT2D eigenvalue weighted by Crippen LogP contribution is -2.48. The Morgan fingerprint density at radius 3 is 2.79 bits per heavy atom. The average Bonchev–Trinajstić information content (AvgIpc) is 2.79. The molecule has 102 valence electrons. The summed E-state index contributed by atoms with van der Waals surface area (Å²) in [5.74, 6) is 0.208. The second-order valence-corrected chi connectivity index (χ2v) is 6.50. The van der Waals surface area contributed by atoms with Crippen molar-refractivity contribution < 1.29 is 9.90 Å². The minimum atomic E-state index is 0.00421. The van der Waals surface area contributed by atoms with Crippen LogP contribution in [0.15, 0.2) is 29.2 Å². The minimum Gasteiger partial charge on any atom is -0.395 e. The van der Waals surface area contributed by atoms with E-state index < -0.39 is 0 Å². The number of nitrogens with zero attached hydrogens (tertiary/aromatic N) is 1. The second-order valence-electron chi connectivity index (χ2n) is 5.26. The van der Waals surface area contributed by atoms with Gasteiger partial charge in [0, 0.05) is 17.5 Å². The fourth-order valence-electron chi connectivity index (χ4n) is 2.78. The van der Waals surface area contributed by atoms with Crippen molar-refractivity contribution in [2.45, 2.75) is 41.9 Å². The van der Waals surface area contributed by atoms with Crippen molar-refractivity contribution >= 4 is 17.7 Å². The van der Waals surface area contributed by atoms with Gasteiger partial charge in [-0.1, -0.05) is 18.2 Å². The predicted molar refractivity (Wildman–Crippen MR) is 76.2 cm³/mol. The smallest absolute Gasteiger partial charge is 0.236 e. The van der Waals surface area contributed by atoms with Gasteiger partial charge in [0.05, 0.1) is 11.9 Å². The Balaban J connectivity index is 1.70. The standard InChI is InChI=1S/C15H19NO2S/c17-9-8-16(12-5-3-6-12)15(18)14-10-11-4-1-2-7-13(11)19-14/h1-2,4,7,12,14,17H,3,5-6,8-10H2/t14-/m1/s1. The number of carbonyl (C=O) groups is 1. The van der Waals surface area contributed by atoms with Crippen LogP contribution in [-0.4, -0.2) is 40.4 Å². The van der Waals surface area contributed by atoms with Crippen LogP contribution in [0.4, 0.5) is 0 Å². The van der Waals surface area contributed by atoms with E-state index >= 15 is 0 Å². The van der Waals surface area contributed by atoms with Gasteiger partial charge in [-0.15, -0.1) is 11.8 Å². The quantitative estimate of drug-likeness (QED) is 0.916. The van der Waals surface area contributed by atoms with Gasteiger partial charge in [0.15, 0.2) is 0 Å². The van der Waals surface area contributed by atoms with Crippen molar-refractivity contribution in [3.63, 3.8) is 0 Å². The average molecular weight is 277 g/mol. The van der Waals surface area contributed by atoms with Crippen molar-refractivity contribution in [1.29, 1.82) is 0 Å². The maximum atomic E-state index is 12.6. The zero-order chi connectivity index (χ0) is 13.2. The number of hydrogen-bond acceptors (Lipinski definition) is 3. The number of thioether (sulfide) groups is 1. The zero-order valence-electron chi connectivity index (χ0n) is 10.9. The molecule has 0 bridgehead atoms. The largest absolute Gasteiger partial charge is 0.395 e. The van der Waals surface area contributed by atoms with Crippen LogP contribution < -0.4 is 0 Å². The van der Waals surface area contributed by atoms with Crippen LogP contribution in [0.3, 0.4) is 0 Å². The van der Waals surface area contributed by atoms with E-state index in [2.05, 4.69) is 12.1 Å². The van der Waals surface area contributed by atoms with Gasteiger partial charge in [0.25, 0.3) is 0 Å². The SMILES string of the molecule is O=C([C@H]1Cc2ccccc2S1)N(CCO)C1CCC1. The van der Waals surface area contributed by atoms with Crippen LogP contribution >= 0.6 is 11.8 Å². The first-order valence-corrected chi connectivity index (χ1v) is 7.83. The lowest BCUT2D eigenvalue weighted by atomic mass is 9.91. The molecule has 0 aromatic heterocycles. The highest BCUT2D eigenvalue weighted by Gasteiger charge is 2.35. The van der Waals surface area contributed by atoms with Gasteiger partial charge in [0.1, 0.15) is 0 Å². The molecule has 1 fully saturated rings. The maximum absolute atomic E-state index is 12.6. The van der Waals surface area contributed by atoms with Crippen molar-refractivity contribution in [3.05, 3.63) is 29.8 Å². The fourth-order valence-corrected chi connectivity index (χ4v) is 4.05. The molecule has 1 aliphatic heterocycles. The molecule has 19 heavy (non-hydrogen) atoms. The summed E-state index contributed by atoms with van der Waals surface area (Å²) in [6.07, 6.45) is 4.22. The number of hydrogen-bond donors (Lipinski definition) is 1. The first kappa shape index (κ1) is 13.0. The van der Waals surface area contributed by atoms with E-state index in [1.54, 1.807) is 11.8 Å². The van der Waals surface area contributed by atoms with E-state index in [0.717, 1.165) is 19.3 Å². The number of aliphatic hydroxyl groups is 1. The Hall–Kier alpha value is -1.00. The first-order chi connectivity index (χ1) is 9.29. The lowest BCUT2D eigenvalue weighted by Gasteiger charge is -2.38. The summed E-state index contributed by atoms with van der Waals surface area (Å²) in [7, 11) is 0. The third-order valence-electron chi connectivity index (χ3n) is 4.06. The van der Waals surface area contributed by atoms with Gasteiger partial charge in [-0.05, 0) is 37.3 Å². The van der Waals surface area contributed by atoms with Crippen LogP contribution in [-0.2, 0) is 11.2 Å². The number of rotatable bonds is 4. The van der Waals surface area contributed by atoms with Gasteiger partial charge in [0.2, 0.25) is 5.91 Å². The molecule has 0 spiro atoms. The lowest BCUT2D eigenvalue weighted by molar-refractivity contribution is -0.135. The first-order valence-electron chi connectivity index (χ1n) is 6.95. The summed E-state index contributed by atoms with van der Waals surface area (Å²) in [5, 5.41) is 9.17. The number of fused-ring (bicyclic) bond motifs is 1. The van der Waals surface area contributed by atoms with Gasteiger partial charge in [-0.2, -0.15) is 0 Å². The Bertz CT molecular complexity index is 448. The van der Waals surface area contributed by atoms with E-state index in [9.17, 15) is 4.79 Å². The molecule has 3 nitrogen and oxygen atoms in total. The monoisotopic (exact) mass is 277 g/mol. The minimum absolute atomic E-state index is 0.00421. The molecule has 1 amide bonds. The highest BCUT2D eigenvalue weighted by molar-refractivity contribution is 8.01. The molecule has 0 unspecified atom stereocenters. The Kier molecular flexibility index (Phi) is 3.80. The molecule has 1 N–H and O–H groups in total. The van der Waals surface area contributed by atoms with Crippen molar-refractivity contribution in [1.82, 2.24) is 4.90 Å². The highest BCUT2D eigenvalue weighted by Crippen LogP contribution is 2.38. The number of aliphatic hydroxyl groups excluding tert-OH is 1. The topological polar surface area (TPSA) is 40.5 Å². The third-order valence-corrected chi connectivity index (χ3v) is 5.37.